The number of aryl methyl sites for hydroxylation is 2. The van der Waals surface area contributed by atoms with E-state index in [0.29, 0.717) is 35.7 Å². The Balaban J connectivity index is 2.12. The molecule has 0 unspecified atom stereocenters. The van der Waals surface area contributed by atoms with Crippen LogP contribution in [0.4, 0.5) is 0 Å². The molecule has 0 aromatic carbocycles. The number of pyridine rings is 2. The Hall–Kier alpha value is -3.22. The van der Waals surface area contributed by atoms with Gasteiger partial charge in [0, 0.05) is 24.9 Å². The van der Waals surface area contributed by atoms with Gasteiger partial charge in [-0.2, -0.15) is 4.98 Å². The van der Waals surface area contributed by atoms with Crippen molar-refractivity contribution in [2.24, 2.45) is 0 Å². The average molecular weight is 349 g/mol. The van der Waals surface area contributed by atoms with Gasteiger partial charge >= 0.3 is 0 Å². The van der Waals surface area contributed by atoms with Crippen LogP contribution < -0.4 is 10.3 Å². The molecule has 0 atom stereocenters. The van der Waals surface area contributed by atoms with Gasteiger partial charge in [0.15, 0.2) is 5.65 Å². The number of aromatic nitrogens is 5. The Labute approximate surface area is 149 Å². The van der Waals surface area contributed by atoms with Gasteiger partial charge in [0.2, 0.25) is 5.88 Å². The molecule has 0 radical (unpaired) electrons. The smallest absolute Gasteiger partial charge is 0.277 e. The fraction of sp³-hybridized carbons (Fsp3) is 0.263. The Morgan fingerprint density at radius 3 is 2.58 bits per heavy atom. The standard InChI is InChI=1S/C19H19N5O2/c1-4-15-21-12(2)17-19(25)23(11-13-7-9-20-10-8-13)14-5-6-16(26-3)22-18(14)24(15)17/h5-10H,4,11H2,1-3H3. The van der Waals surface area contributed by atoms with Gasteiger partial charge in [-0.1, -0.05) is 6.92 Å². The minimum Gasteiger partial charge on any atom is -0.481 e. The second kappa shape index (κ2) is 6.25. The molecule has 7 heteroatoms. The third kappa shape index (κ3) is 2.44. The molecule has 0 fully saturated rings. The second-order valence-corrected chi connectivity index (χ2v) is 6.09. The maximum atomic E-state index is 13.3. The molecule has 0 saturated heterocycles. The highest BCUT2D eigenvalue weighted by Gasteiger charge is 2.19. The monoisotopic (exact) mass is 349 g/mol. The third-order valence-corrected chi connectivity index (χ3v) is 4.52. The van der Waals surface area contributed by atoms with Crippen LogP contribution in [0.3, 0.4) is 0 Å². The van der Waals surface area contributed by atoms with Crippen molar-refractivity contribution >= 4 is 16.7 Å². The SMILES string of the molecule is CCc1nc(C)c2c(=O)n(Cc3ccncc3)c3ccc(OC)nc3n12. The van der Waals surface area contributed by atoms with E-state index in [9.17, 15) is 4.79 Å². The fourth-order valence-electron chi connectivity index (χ4n) is 3.28. The summed E-state index contributed by atoms with van der Waals surface area (Å²) in [6.45, 7) is 4.32. The molecule has 4 rings (SSSR count). The highest BCUT2D eigenvalue weighted by atomic mass is 16.5. The highest BCUT2D eigenvalue weighted by molar-refractivity contribution is 5.77. The lowest BCUT2D eigenvalue weighted by molar-refractivity contribution is 0.399. The summed E-state index contributed by atoms with van der Waals surface area (Å²) in [5, 5.41) is 0. The van der Waals surface area contributed by atoms with E-state index in [-0.39, 0.29) is 5.56 Å². The molecule has 0 aliphatic heterocycles. The second-order valence-electron chi connectivity index (χ2n) is 6.09. The van der Waals surface area contributed by atoms with E-state index in [1.54, 1.807) is 30.1 Å². The molecule has 0 amide bonds. The van der Waals surface area contributed by atoms with Gasteiger partial charge in [0.25, 0.3) is 5.56 Å². The maximum Gasteiger partial charge on any atom is 0.277 e. The van der Waals surface area contributed by atoms with Crippen molar-refractivity contribution in [3.05, 3.63) is 64.1 Å². The van der Waals surface area contributed by atoms with Crippen LogP contribution in [0.15, 0.2) is 41.5 Å². The number of ether oxygens (including phenoxy) is 1. The lowest BCUT2D eigenvalue weighted by Crippen LogP contribution is -2.24. The van der Waals surface area contributed by atoms with E-state index >= 15 is 0 Å². The van der Waals surface area contributed by atoms with E-state index in [1.807, 2.05) is 36.4 Å². The van der Waals surface area contributed by atoms with Gasteiger partial charge in [-0.05, 0) is 30.7 Å². The molecule has 0 spiro atoms. The quantitative estimate of drug-likeness (QED) is 0.565. The zero-order chi connectivity index (χ0) is 18.3. The minimum atomic E-state index is -0.0778. The summed E-state index contributed by atoms with van der Waals surface area (Å²) < 4.78 is 8.90. The van der Waals surface area contributed by atoms with E-state index in [0.717, 1.165) is 16.9 Å². The summed E-state index contributed by atoms with van der Waals surface area (Å²) in [7, 11) is 1.58. The molecular formula is C19H19N5O2. The van der Waals surface area contributed by atoms with Crippen LogP contribution in [0.25, 0.3) is 16.7 Å². The van der Waals surface area contributed by atoms with Crippen molar-refractivity contribution in [3.63, 3.8) is 0 Å². The van der Waals surface area contributed by atoms with Crippen LogP contribution in [-0.4, -0.2) is 31.0 Å². The Kier molecular flexibility index (Phi) is 3.91. The number of imidazole rings is 1. The summed E-state index contributed by atoms with van der Waals surface area (Å²) in [5.74, 6) is 1.32. The van der Waals surface area contributed by atoms with Crippen molar-refractivity contribution in [2.75, 3.05) is 7.11 Å². The van der Waals surface area contributed by atoms with Gasteiger partial charge < -0.3 is 4.74 Å². The van der Waals surface area contributed by atoms with Crippen LogP contribution >= 0.6 is 0 Å². The molecule has 0 aliphatic rings. The van der Waals surface area contributed by atoms with Crippen molar-refractivity contribution in [1.82, 2.24) is 23.9 Å². The average Bonchev–Trinajstić information content (AvgIpc) is 3.02. The first kappa shape index (κ1) is 16.3. The molecule has 4 aromatic rings. The summed E-state index contributed by atoms with van der Waals surface area (Å²) in [6, 6.07) is 7.45. The number of hydrogen-bond donors (Lipinski definition) is 0. The Bertz CT molecular complexity index is 1160. The summed E-state index contributed by atoms with van der Waals surface area (Å²) in [4.78, 5) is 26.5. The summed E-state index contributed by atoms with van der Waals surface area (Å²) in [6.07, 6.45) is 4.15. The lowest BCUT2D eigenvalue weighted by Gasteiger charge is -2.13. The number of hydrogen-bond acceptors (Lipinski definition) is 5. The molecule has 7 nitrogen and oxygen atoms in total. The van der Waals surface area contributed by atoms with Gasteiger partial charge in [0.05, 0.1) is 24.9 Å². The minimum absolute atomic E-state index is 0.0778. The zero-order valence-corrected chi connectivity index (χ0v) is 14.9. The first-order chi connectivity index (χ1) is 12.6. The van der Waals surface area contributed by atoms with Crippen LogP contribution in [-0.2, 0) is 13.0 Å². The normalized spacial score (nSPS) is 11.3. The number of rotatable bonds is 4. The van der Waals surface area contributed by atoms with E-state index in [2.05, 4.69) is 15.0 Å². The predicted octanol–water partition coefficient (Wildman–Crippen LogP) is 2.37. The van der Waals surface area contributed by atoms with Gasteiger partial charge in [-0.3, -0.25) is 18.7 Å². The molecule has 0 saturated carbocycles. The van der Waals surface area contributed by atoms with Crippen molar-refractivity contribution in [2.45, 2.75) is 26.8 Å². The predicted molar refractivity (Wildman–Crippen MR) is 98.8 cm³/mol. The fourth-order valence-corrected chi connectivity index (χ4v) is 3.28. The van der Waals surface area contributed by atoms with Gasteiger partial charge in [0.1, 0.15) is 11.3 Å². The number of fused-ring (bicyclic) bond motifs is 3. The molecule has 4 aromatic heterocycles. The highest BCUT2D eigenvalue weighted by Crippen LogP contribution is 2.21. The zero-order valence-electron chi connectivity index (χ0n) is 14.9. The largest absolute Gasteiger partial charge is 0.481 e. The van der Waals surface area contributed by atoms with Gasteiger partial charge in [-0.25, -0.2) is 4.98 Å². The molecule has 4 heterocycles. The molecule has 0 aliphatic carbocycles. The molecule has 26 heavy (non-hydrogen) atoms. The van der Waals surface area contributed by atoms with Crippen molar-refractivity contribution in [3.8, 4) is 5.88 Å². The topological polar surface area (TPSA) is 74.3 Å². The van der Waals surface area contributed by atoms with Gasteiger partial charge in [-0.15, -0.1) is 0 Å². The molecule has 132 valence electrons. The van der Waals surface area contributed by atoms with E-state index < -0.39 is 0 Å². The maximum absolute atomic E-state index is 13.3. The first-order valence-corrected chi connectivity index (χ1v) is 8.48. The van der Waals surface area contributed by atoms with Crippen molar-refractivity contribution in [1.29, 1.82) is 0 Å². The van der Waals surface area contributed by atoms with E-state index in [4.69, 9.17) is 4.74 Å². The number of nitrogens with zero attached hydrogens (tertiary/aromatic N) is 5. The molecule has 0 N–H and O–H groups in total. The number of methoxy groups -OCH3 is 1. The Morgan fingerprint density at radius 1 is 1.12 bits per heavy atom. The Morgan fingerprint density at radius 2 is 1.88 bits per heavy atom. The molecular weight excluding hydrogens is 330 g/mol. The van der Waals surface area contributed by atoms with Crippen LogP contribution in [0.1, 0.15) is 24.0 Å². The van der Waals surface area contributed by atoms with Crippen molar-refractivity contribution < 1.29 is 4.74 Å². The summed E-state index contributed by atoms with van der Waals surface area (Å²) >= 11 is 0. The van der Waals surface area contributed by atoms with Crippen LogP contribution in [0, 0.1) is 6.92 Å². The van der Waals surface area contributed by atoms with Crippen LogP contribution in [0.5, 0.6) is 5.88 Å². The lowest BCUT2D eigenvalue weighted by atomic mass is 10.2. The molecule has 0 bridgehead atoms. The first-order valence-electron chi connectivity index (χ1n) is 8.48. The van der Waals surface area contributed by atoms with E-state index in [1.165, 1.54) is 0 Å². The third-order valence-electron chi connectivity index (χ3n) is 4.52. The summed E-state index contributed by atoms with van der Waals surface area (Å²) in [5.41, 5.74) is 3.60. The van der Waals surface area contributed by atoms with Crippen LogP contribution in [0.2, 0.25) is 0 Å².